The molecule has 0 atom stereocenters. The smallest absolute Gasteiger partial charge is 0.0152 e. The SMILES string of the molecule is CC(C)(C)c1cc(C(C)(C)C)cc(C(C)(C)c2c(C(C)(C)C)cccc2C(C)(C)C)c1. The summed E-state index contributed by atoms with van der Waals surface area (Å²) in [7, 11) is 0. The molecule has 0 nitrogen and oxygen atoms in total. The Labute approximate surface area is 193 Å². The van der Waals surface area contributed by atoms with Crippen LogP contribution in [-0.4, -0.2) is 0 Å². The summed E-state index contributed by atoms with van der Waals surface area (Å²) in [5.41, 5.74) is 8.99. The van der Waals surface area contributed by atoms with E-state index in [1.165, 1.54) is 33.4 Å². The average Bonchev–Trinajstić information content (AvgIpc) is 2.57. The van der Waals surface area contributed by atoms with E-state index in [0.717, 1.165) is 0 Å². The molecule has 0 heteroatoms. The van der Waals surface area contributed by atoms with Gasteiger partial charge in [0.15, 0.2) is 0 Å². The van der Waals surface area contributed by atoms with Gasteiger partial charge in [-0.1, -0.05) is 133 Å². The molecule has 0 aliphatic carbocycles. The second-order valence-corrected chi connectivity index (χ2v) is 14.2. The fraction of sp³-hybridized carbons (Fsp3) is 0.613. The predicted molar refractivity (Wildman–Crippen MR) is 140 cm³/mol. The summed E-state index contributed by atoms with van der Waals surface area (Å²) in [6.07, 6.45) is 0. The van der Waals surface area contributed by atoms with E-state index in [-0.39, 0.29) is 27.1 Å². The van der Waals surface area contributed by atoms with Crippen LogP contribution in [0.3, 0.4) is 0 Å². The maximum atomic E-state index is 2.47. The molecule has 0 bridgehead atoms. The lowest BCUT2D eigenvalue weighted by Crippen LogP contribution is -2.31. The highest BCUT2D eigenvalue weighted by atomic mass is 14.4. The second-order valence-electron chi connectivity index (χ2n) is 14.2. The van der Waals surface area contributed by atoms with Crippen molar-refractivity contribution in [3.8, 4) is 0 Å². The summed E-state index contributed by atoms with van der Waals surface area (Å²) in [4.78, 5) is 0. The second kappa shape index (κ2) is 7.79. The Morgan fingerprint density at radius 3 is 1.03 bits per heavy atom. The molecule has 0 spiro atoms. The van der Waals surface area contributed by atoms with Crippen LogP contribution in [0.2, 0.25) is 0 Å². The molecule has 0 heterocycles. The molecule has 0 aliphatic rings. The Morgan fingerprint density at radius 2 is 0.742 bits per heavy atom. The van der Waals surface area contributed by atoms with Crippen molar-refractivity contribution in [1.82, 2.24) is 0 Å². The van der Waals surface area contributed by atoms with Crippen LogP contribution in [0, 0.1) is 0 Å². The largest absolute Gasteiger partial charge is 0.0617 e. The minimum Gasteiger partial charge on any atom is -0.0617 e. The zero-order valence-electron chi connectivity index (χ0n) is 23.0. The third-order valence-corrected chi connectivity index (χ3v) is 6.69. The number of rotatable bonds is 2. The molecule has 0 aliphatic heterocycles. The molecule has 2 aromatic rings. The van der Waals surface area contributed by atoms with Gasteiger partial charge in [0.05, 0.1) is 0 Å². The first-order valence-corrected chi connectivity index (χ1v) is 12.0. The van der Waals surface area contributed by atoms with Gasteiger partial charge in [-0.05, 0) is 55.0 Å². The summed E-state index contributed by atoms with van der Waals surface area (Å²) in [6.45, 7) is 32.9. The van der Waals surface area contributed by atoms with Crippen LogP contribution in [0.5, 0.6) is 0 Å². The summed E-state index contributed by atoms with van der Waals surface area (Å²) < 4.78 is 0. The molecule has 172 valence electrons. The van der Waals surface area contributed by atoms with Crippen LogP contribution in [0.15, 0.2) is 36.4 Å². The van der Waals surface area contributed by atoms with Crippen LogP contribution in [0.4, 0.5) is 0 Å². The summed E-state index contributed by atoms with van der Waals surface area (Å²) in [5, 5.41) is 0. The first-order chi connectivity index (χ1) is 13.7. The van der Waals surface area contributed by atoms with Crippen LogP contribution in [-0.2, 0) is 27.1 Å². The lowest BCUT2D eigenvalue weighted by molar-refractivity contribution is 0.510. The van der Waals surface area contributed by atoms with Gasteiger partial charge >= 0.3 is 0 Å². The minimum absolute atomic E-state index is 0.0857. The lowest BCUT2D eigenvalue weighted by atomic mass is 9.65. The molecular weight excluding hydrogens is 372 g/mol. The molecule has 0 radical (unpaired) electrons. The van der Waals surface area contributed by atoms with E-state index in [1.807, 2.05) is 0 Å². The highest BCUT2D eigenvalue weighted by Crippen LogP contribution is 2.45. The summed E-state index contributed by atoms with van der Waals surface area (Å²) >= 11 is 0. The normalized spacial score (nSPS) is 14.1. The van der Waals surface area contributed by atoms with Gasteiger partial charge in [0, 0.05) is 5.41 Å². The monoisotopic (exact) mass is 420 g/mol. The van der Waals surface area contributed by atoms with Gasteiger partial charge in [-0.25, -0.2) is 0 Å². The molecule has 31 heavy (non-hydrogen) atoms. The van der Waals surface area contributed by atoms with Crippen molar-refractivity contribution >= 4 is 0 Å². The number of benzene rings is 2. The zero-order valence-corrected chi connectivity index (χ0v) is 23.0. The van der Waals surface area contributed by atoms with Gasteiger partial charge < -0.3 is 0 Å². The molecule has 0 N–H and O–H groups in total. The Morgan fingerprint density at radius 1 is 0.419 bits per heavy atom. The van der Waals surface area contributed by atoms with Crippen molar-refractivity contribution in [3.63, 3.8) is 0 Å². The topological polar surface area (TPSA) is 0 Å². The number of hydrogen-bond donors (Lipinski definition) is 0. The van der Waals surface area contributed by atoms with Gasteiger partial charge in [-0.15, -0.1) is 0 Å². The van der Waals surface area contributed by atoms with Crippen molar-refractivity contribution in [1.29, 1.82) is 0 Å². The van der Waals surface area contributed by atoms with E-state index in [0.29, 0.717) is 0 Å². The Hall–Kier alpha value is -1.56. The first-order valence-electron chi connectivity index (χ1n) is 12.0. The summed E-state index contributed by atoms with van der Waals surface area (Å²) in [5.74, 6) is 0. The Bertz CT molecular complexity index is 861. The van der Waals surface area contributed by atoms with Gasteiger partial charge in [0.25, 0.3) is 0 Å². The molecule has 0 fully saturated rings. The van der Waals surface area contributed by atoms with Crippen molar-refractivity contribution in [2.45, 2.75) is 124 Å². The van der Waals surface area contributed by atoms with Crippen molar-refractivity contribution in [2.24, 2.45) is 0 Å². The zero-order chi connectivity index (χ0) is 24.2. The van der Waals surface area contributed by atoms with Crippen LogP contribution in [0.1, 0.15) is 130 Å². The molecule has 2 rings (SSSR count). The highest BCUT2D eigenvalue weighted by molar-refractivity contribution is 5.53. The van der Waals surface area contributed by atoms with Crippen molar-refractivity contribution in [2.75, 3.05) is 0 Å². The quantitative estimate of drug-likeness (QED) is 0.454. The third kappa shape index (κ3) is 5.44. The Kier molecular flexibility index (Phi) is 6.46. The van der Waals surface area contributed by atoms with E-state index >= 15 is 0 Å². The lowest BCUT2D eigenvalue weighted by Gasteiger charge is -2.39. The Balaban J connectivity index is 2.97. The van der Waals surface area contributed by atoms with E-state index < -0.39 is 0 Å². The van der Waals surface area contributed by atoms with Crippen LogP contribution >= 0.6 is 0 Å². The predicted octanol–water partition coefficient (Wildman–Crippen LogP) is 9.20. The fourth-order valence-corrected chi connectivity index (χ4v) is 4.47. The van der Waals surface area contributed by atoms with E-state index in [9.17, 15) is 0 Å². The maximum absolute atomic E-state index is 2.47. The van der Waals surface area contributed by atoms with Gasteiger partial charge in [0.2, 0.25) is 0 Å². The van der Waals surface area contributed by atoms with Crippen molar-refractivity contribution < 1.29 is 0 Å². The molecule has 0 aromatic heterocycles. The molecule has 0 saturated carbocycles. The van der Waals surface area contributed by atoms with Crippen molar-refractivity contribution in [3.05, 3.63) is 69.8 Å². The molecule has 0 unspecified atom stereocenters. The third-order valence-electron chi connectivity index (χ3n) is 6.69. The maximum Gasteiger partial charge on any atom is 0.0152 e. The van der Waals surface area contributed by atoms with E-state index in [1.54, 1.807) is 0 Å². The van der Waals surface area contributed by atoms with Gasteiger partial charge in [-0.2, -0.15) is 0 Å². The molecular formula is C31H48. The van der Waals surface area contributed by atoms with Gasteiger partial charge in [-0.3, -0.25) is 0 Å². The van der Waals surface area contributed by atoms with Crippen LogP contribution < -0.4 is 0 Å². The minimum atomic E-state index is -0.103. The number of hydrogen-bond acceptors (Lipinski definition) is 0. The van der Waals surface area contributed by atoms with Gasteiger partial charge in [0.1, 0.15) is 0 Å². The molecule has 2 aromatic carbocycles. The highest BCUT2D eigenvalue weighted by Gasteiger charge is 2.36. The standard InChI is InChI=1S/C31H48/c1-27(2,3)21-18-22(28(4,5)6)20-23(19-21)31(13,14)26-24(29(7,8)9)16-15-17-25(26)30(10,11)12/h15-20H,1-14H3. The summed E-state index contributed by atoms with van der Waals surface area (Å²) in [6, 6.07) is 14.3. The molecule has 0 amide bonds. The fourth-order valence-electron chi connectivity index (χ4n) is 4.47. The first kappa shape index (κ1) is 25.7. The van der Waals surface area contributed by atoms with E-state index in [2.05, 4.69) is 133 Å². The van der Waals surface area contributed by atoms with Crippen LogP contribution in [0.25, 0.3) is 0 Å². The average molecular weight is 421 g/mol. The molecule has 0 saturated heterocycles. The van der Waals surface area contributed by atoms with E-state index in [4.69, 9.17) is 0 Å².